The topological polar surface area (TPSA) is 29.5 Å². The Bertz CT molecular complexity index is 362. The van der Waals surface area contributed by atoms with Crippen LogP contribution >= 0.6 is 0 Å². The smallest absolute Gasteiger partial charge is 0.125 e. The maximum Gasteiger partial charge on any atom is 0.125 e. The van der Waals surface area contributed by atoms with Gasteiger partial charge in [0.25, 0.3) is 0 Å². The molecule has 2 nitrogen and oxygen atoms in total. The van der Waals surface area contributed by atoms with Gasteiger partial charge in [0.15, 0.2) is 0 Å². The van der Waals surface area contributed by atoms with Gasteiger partial charge in [-0.05, 0) is 19.4 Å². The third-order valence-corrected chi connectivity index (χ3v) is 3.91. The lowest BCUT2D eigenvalue weighted by atomic mass is 10.0. The highest BCUT2D eigenvalue weighted by Gasteiger charge is 2.12. The fraction of sp³-hybridized carbons (Fsp3) is 0.684. The van der Waals surface area contributed by atoms with E-state index in [9.17, 15) is 5.11 Å². The molecule has 0 bridgehead atoms. The average molecular weight is 292 g/mol. The van der Waals surface area contributed by atoms with Crippen molar-refractivity contribution in [3.05, 3.63) is 29.8 Å². The van der Waals surface area contributed by atoms with E-state index >= 15 is 0 Å². The van der Waals surface area contributed by atoms with E-state index in [1.54, 1.807) is 0 Å². The SMILES string of the molecule is CCCCCCCCCCC(O)c1ccccc1OCC. The lowest BCUT2D eigenvalue weighted by molar-refractivity contribution is 0.158. The zero-order chi connectivity index (χ0) is 15.3. The zero-order valence-electron chi connectivity index (χ0n) is 13.8. The van der Waals surface area contributed by atoms with Gasteiger partial charge in [-0.3, -0.25) is 0 Å². The quantitative estimate of drug-likeness (QED) is 0.504. The van der Waals surface area contributed by atoms with Crippen molar-refractivity contribution in [3.8, 4) is 5.75 Å². The van der Waals surface area contributed by atoms with E-state index in [1.165, 1.54) is 44.9 Å². The third-order valence-electron chi connectivity index (χ3n) is 3.91. The minimum absolute atomic E-state index is 0.396. The lowest BCUT2D eigenvalue weighted by Gasteiger charge is -2.15. The second-order valence-electron chi connectivity index (χ2n) is 5.75. The van der Waals surface area contributed by atoms with Crippen molar-refractivity contribution < 1.29 is 9.84 Å². The van der Waals surface area contributed by atoms with Crippen LogP contribution in [0.1, 0.15) is 83.3 Å². The second kappa shape index (κ2) is 11.6. The highest BCUT2D eigenvalue weighted by atomic mass is 16.5. The molecule has 1 atom stereocenters. The summed E-state index contributed by atoms with van der Waals surface area (Å²) in [7, 11) is 0. The number of benzene rings is 1. The first-order chi connectivity index (χ1) is 10.3. The van der Waals surface area contributed by atoms with Crippen LogP contribution in [0.25, 0.3) is 0 Å². The molecule has 1 rings (SSSR count). The van der Waals surface area contributed by atoms with Crippen LogP contribution in [-0.2, 0) is 0 Å². The van der Waals surface area contributed by atoms with Crippen LogP contribution < -0.4 is 4.74 Å². The lowest BCUT2D eigenvalue weighted by Crippen LogP contribution is -2.02. The van der Waals surface area contributed by atoms with Crippen molar-refractivity contribution in [2.45, 2.75) is 77.7 Å². The van der Waals surface area contributed by atoms with E-state index in [0.29, 0.717) is 6.61 Å². The number of hydrogen-bond donors (Lipinski definition) is 1. The molecular weight excluding hydrogens is 260 g/mol. The molecule has 0 saturated heterocycles. The molecule has 0 spiro atoms. The van der Waals surface area contributed by atoms with Crippen LogP contribution in [-0.4, -0.2) is 11.7 Å². The summed E-state index contributed by atoms with van der Waals surface area (Å²) in [4.78, 5) is 0. The molecule has 0 aliphatic heterocycles. The summed E-state index contributed by atoms with van der Waals surface area (Å²) in [6.45, 7) is 4.87. The van der Waals surface area contributed by atoms with Gasteiger partial charge in [0.05, 0.1) is 12.7 Å². The Kier molecular flexibility index (Phi) is 9.98. The maximum absolute atomic E-state index is 10.3. The molecule has 0 aromatic heterocycles. The zero-order valence-corrected chi connectivity index (χ0v) is 13.8. The molecule has 0 saturated carbocycles. The van der Waals surface area contributed by atoms with E-state index in [2.05, 4.69) is 6.92 Å². The predicted octanol–water partition coefficient (Wildman–Crippen LogP) is 5.65. The van der Waals surface area contributed by atoms with E-state index < -0.39 is 6.10 Å². The molecule has 0 aliphatic carbocycles. The van der Waals surface area contributed by atoms with Crippen molar-refractivity contribution in [1.29, 1.82) is 0 Å². The van der Waals surface area contributed by atoms with Crippen molar-refractivity contribution >= 4 is 0 Å². The first kappa shape index (κ1) is 18.0. The van der Waals surface area contributed by atoms with Gasteiger partial charge in [-0.2, -0.15) is 0 Å². The molecule has 2 heteroatoms. The van der Waals surface area contributed by atoms with Crippen LogP contribution in [0.2, 0.25) is 0 Å². The summed E-state index contributed by atoms with van der Waals surface area (Å²) >= 11 is 0. The van der Waals surface area contributed by atoms with Crippen LogP contribution in [0, 0.1) is 0 Å². The molecule has 1 unspecified atom stereocenters. The normalized spacial score (nSPS) is 12.3. The summed E-state index contributed by atoms with van der Waals surface area (Å²) < 4.78 is 5.58. The molecular formula is C19H32O2. The number of para-hydroxylation sites is 1. The molecule has 0 amide bonds. The number of aliphatic hydroxyl groups is 1. The Labute approximate surface area is 130 Å². The number of hydrogen-bond acceptors (Lipinski definition) is 2. The van der Waals surface area contributed by atoms with E-state index in [4.69, 9.17) is 4.74 Å². The van der Waals surface area contributed by atoms with Gasteiger partial charge in [-0.15, -0.1) is 0 Å². The van der Waals surface area contributed by atoms with Crippen LogP contribution in [0.15, 0.2) is 24.3 Å². The molecule has 1 aromatic rings. The van der Waals surface area contributed by atoms with Crippen molar-refractivity contribution in [2.75, 3.05) is 6.61 Å². The molecule has 0 fully saturated rings. The van der Waals surface area contributed by atoms with Gasteiger partial charge in [0.1, 0.15) is 5.75 Å². The molecule has 1 N–H and O–H groups in total. The van der Waals surface area contributed by atoms with Gasteiger partial charge in [-0.25, -0.2) is 0 Å². The average Bonchev–Trinajstić information content (AvgIpc) is 2.50. The Morgan fingerprint density at radius 2 is 1.52 bits per heavy atom. The monoisotopic (exact) mass is 292 g/mol. The second-order valence-corrected chi connectivity index (χ2v) is 5.75. The van der Waals surface area contributed by atoms with Crippen LogP contribution in [0.4, 0.5) is 0 Å². The first-order valence-electron chi connectivity index (χ1n) is 8.69. The van der Waals surface area contributed by atoms with Crippen LogP contribution in [0.3, 0.4) is 0 Å². The summed E-state index contributed by atoms with van der Waals surface area (Å²) in [5.41, 5.74) is 0.933. The van der Waals surface area contributed by atoms with Gasteiger partial charge in [0, 0.05) is 5.56 Å². The van der Waals surface area contributed by atoms with Crippen molar-refractivity contribution in [2.24, 2.45) is 0 Å². The predicted molar refractivity (Wildman–Crippen MR) is 89.8 cm³/mol. The van der Waals surface area contributed by atoms with E-state index in [0.717, 1.165) is 24.2 Å². The summed E-state index contributed by atoms with van der Waals surface area (Å²) in [5, 5.41) is 10.3. The Morgan fingerprint density at radius 3 is 2.19 bits per heavy atom. The summed E-state index contributed by atoms with van der Waals surface area (Å²) in [5.74, 6) is 0.826. The number of unbranched alkanes of at least 4 members (excludes halogenated alkanes) is 7. The Hall–Kier alpha value is -1.02. The minimum atomic E-state index is -0.396. The fourth-order valence-electron chi connectivity index (χ4n) is 2.67. The summed E-state index contributed by atoms with van der Waals surface area (Å²) in [6.07, 6.45) is 10.8. The largest absolute Gasteiger partial charge is 0.493 e. The first-order valence-corrected chi connectivity index (χ1v) is 8.69. The molecule has 1 aromatic carbocycles. The molecule has 0 aliphatic rings. The number of aliphatic hydroxyl groups excluding tert-OH is 1. The van der Waals surface area contributed by atoms with Gasteiger partial charge in [0.2, 0.25) is 0 Å². The molecule has 120 valence electrons. The maximum atomic E-state index is 10.3. The third kappa shape index (κ3) is 7.52. The molecule has 0 heterocycles. The molecule has 21 heavy (non-hydrogen) atoms. The van der Waals surface area contributed by atoms with Gasteiger partial charge in [-0.1, -0.05) is 76.5 Å². The number of rotatable bonds is 12. The van der Waals surface area contributed by atoms with Gasteiger partial charge < -0.3 is 9.84 Å². The molecule has 0 radical (unpaired) electrons. The highest BCUT2D eigenvalue weighted by molar-refractivity contribution is 5.34. The highest BCUT2D eigenvalue weighted by Crippen LogP contribution is 2.28. The van der Waals surface area contributed by atoms with Crippen molar-refractivity contribution in [1.82, 2.24) is 0 Å². The summed E-state index contributed by atoms with van der Waals surface area (Å²) in [6, 6.07) is 7.84. The van der Waals surface area contributed by atoms with Gasteiger partial charge >= 0.3 is 0 Å². The van der Waals surface area contributed by atoms with Crippen molar-refractivity contribution in [3.63, 3.8) is 0 Å². The Morgan fingerprint density at radius 1 is 0.905 bits per heavy atom. The van der Waals surface area contributed by atoms with Crippen LogP contribution in [0.5, 0.6) is 5.75 Å². The van der Waals surface area contributed by atoms with E-state index in [1.807, 2.05) is 31.2 Å². The standard InChI is InChI=1S/C19H32O2/c1-3-5-6-7-8-9-10-11-15-18(20)17-14-12-13-16-19(17)21-4-2/h12-14,16,18,20H,3-11,15H2,1-2H3. The van der Waals surface area contributed by atoms with E-state index in [-0.39, 0.29) is 0 Å². The minimum Gasteiger partial charge on any atom is -0.493 e. The number of ether oxygens (including phenoxy) is 1. The Balaban J connectivity index is 2.20. The fourth-order valence-corrected chi connectivity index (χ4v) is 2.67.